The number of quaternary nitrogens is 1. The van der Waals surface area contributed by atoms with Gasteiger partial charge in [0.25, 0.3) is 0 Å². The highest BCUT2D eigenvalue weighted by Crippen LogP contribution is 2.69. The zero-order valence-electron chi connectivity index (χ0n) is 19.1. The van der Waals surface area contributed by atoms with Crippen LogP contribution in [0, 0.1) is 46.3 Å². The molecule has 2 heterocycles. The Balaban J connectivity index is 1.30. The third-order valence-electron chi connectivity index (χ3n) is 11.3. The van der Waals surface area contributed by atoms with E-state index in [1.807, 2.05) is 0 Å². The summed E-state index contributed by atoms with van der Waals surface area (Å²) in [5, 5.41) is 2.61. The Hall–Kier alpha value is -0.600. The quantitative estimate of drug-likeness (QED) is 0.608. The number of ether oxygens (including phenoxy) is 1. The van der Waals surface area contributed by atoms with Gasteiger partial charge in [0, 0.05) is 24.2 Å². The zero-order chi connectivity index (χ0) is 20.0. The molecule has 0 bridgehead atoms. The lowest BCUT2D eigenvalue weighted by molar-refractivity contribution is -0.786. The summed E-state index contributed by atoms with van der Waals surface area (Å²) in [5.74, 6) is 5.00. The lowest BCUT2D eigenvalue weighted by atomic mass is 9.47. The van der Waals surface area contributed by atoms with E-state index in [1.165, 1.54) is 57.9 Å². The predicted octanol–water partition coefficient (Wildman–Crippen LogP) is 5.07. The van der Waals surface area contributed by atoms with Crippen LogP contribution in [0.4, 0.5) is 0 Å². The van der Waals surface area contributed by atoms with E-state index < -0.39 is 0 Å². The Morgan fingerprint density at radius 2 is 1.93 bits per heavy atom. The number of piperidine rings is 1. The lowest BCUT2D eigenvalue weighted by Crippen LogP contribution is -3.00. The molecule has 10 atom stereocenters. The topological polar surface area (TPSA) is 25.8 Å². The number of hydrogen-bond donors (Lipinski definition) is 1. The van der Waals surface area contributed by atoms with Gasteiger partial charge in [0.1, 0.15) is 0 Å². The summed E-state index contributed by atoms with van der Waals surface area (Å²) < 4.78 is 7.06. The summed E-state index contributed by atoms with van der Waals surface area (Å²) >= 11 is 0. The maximum atomic E-state index is 7.06. The number of rotatable bonds is 0. The molecule has 2 nitrogen and oxygen atoms in total. The molecule has 1 spiro atoms. The first-order chi connectivity index (χ1) is 13.9. The second-order valence-electron chi connectivity index (χ2n) is 12.4. The van der Waals surface area contributed by atoms with Gasteiger partial charge in [-0.05, 0) is 79.1 Å². The van der Waals surface area contributed by atoms with Crippen molar-refractivity contribution in [3.63, 3.8) is 0 Å². The normalized spacial score (nSPS) is 58.3. The van der Waals surface area contributed by atoms with Crippen molar-refractivity contribution in [3.05, 3.63) is 23.8 Å². The molecule has 4 fully saturated rings. The van der Waals surface area contributed by atoms with Gasteiger partial charge in [-0.15, -0.1) is 0 Å². The molecular weight excluding hydrogens is 354 g/mol. The molecule has 2 saturated carbocycles. The van der Waals surface area contributed by atoms with Crippen molar-refractivity contribution in [1.29, 1.82) is 0 Å². The minimum Gasteiger partial charge on any atom is -0.323 e. The van der Waals surface area contributed by atoms with E-state index in [2.05, 4.69) is 51.2 Å². The van der Waals surface area contributed by atoms with Gasteiger partial charge < -0.3 is 10.1 Å². The van der Waals surface area contributed by atoms with Crippen molar-refractivity contribution in [1.82, 2.24) is 0 Å². The van der Waals surface area contributed by atoms with Crippen molar-refractivity contribution in [2.75, 3.05) is 6.54 Å². The van der Waals surface area contributed by atoms with E-state index in [1.54, 1.807) is 5.57 Å². The highest BCUT2D eigenvalue weighted by atomic mass is 16.5. The standard InChI is InChI=1S/C27H41NO/c1-17-10-14-27(28-16-17)18(2)24-23(29-27)15-22-20-9-8-19-7-5-6-12-25(19,3)21(20)11-13-26(22,24)4/h5,7-8,17-18,20-24,28H,6,9-16H2,1-4H3/p+1/t17-,18+,20-,21-,22+,23+,24+,25+,26+,27-/m1/s1. The Morgan fingerprint density at radius 1 is 1.07 bits per heavy atom. The molecule has 0 radical (unpaired) electrons. The molecule has 2 heteroatoms. The van der Waals surface area contributed by atoms with E-state index in [9.17, 15) is 0 Å². The van der Waals surface area contributed by atoms with Crippen LogP contribution in [0.25, 0.3) is 0 Å². The van der Waals surface area contributed by atoms with Crippen molar-refractivity contribution >= 4 is 0 Å². The minimum atomic E-state index is 0.104. The second-order valence-corrected chi connectivity index (χ2v) is 12.4. The number of nitrogens with two attached hydrogens (primary N) is 1. The van der Waals surface area contributed by atoms with Crippen LogP contribution in [0.2, 0.25) is 0 Å². The van der Waals surface area contributed by atoms with Crippen LogP contribution in [-0.2, 0) is 4.74 Å². The maximum Gasteiger partial charge on any atom is 0.203 e. The first-order valence-electron chi connectivity index (χ1n) is 12.8. The summed E-state index contributed by atoms with van der Waals surface area (Å²) in [6, 6.07) is 0. The third kappa shape index (κ3) is 2.42. The van der Waals surface area contributed by atoms with Crippen molar-refractivity contribution in [2.24, 2.45) is 46.3 Å². The van der Waals surface area contributed by atoms with Crippen LogP contribution in [0.3, 0.4) is 0 Å². The molecule has 6 rings (SSSR count). The van der Waals surface area contributed by atoms with Gasteiger partial charge in [0.15, 0.2) is 0 Å². The average molecular weight is 397 g/mol. The molecule has 0 aromatic carbocycles. The van der Waals surface area contributed by atoms with E-state index >= 15 is 0 Å². The van der Waals surface area contributed by atoms with Gasteiger partial charge >= 0.3 is 0 Å². The molecule has 2 N–H and O–H groups in total. The molecule has 6 aliphatic rings. The Morgan fingerprint density at radius 3 is 2.72 bits per heavy atom. The molecule has 4 aliphatic carbocycles. The van der Waals surface area contributed by atoms with E-state index in [0.717, 1.165) is 29.6 Å². The van der Waals surface area contributed by atoms with Crippen LogP contribution >= 0.6 is 0 Å². The van der Waals surface area contributed by atoms with Crippen LogP contribution in [0.15, 0.2) is 23.8 Å². The first kappa shape index (κ1) is 19.1. The summed E-state index contributed by atoms with van der Waals surface area (Å²) in [5.41, 5.74) is 2.71. The highest BCUT2D eigenvalue weighted by molar-refractivity contribution is 5.34. The third-order valence-corrected chi connectivity index (χ3v) is 11.3. The molecule has 0 unspecified atom stereocenters. The second kappa shape index (κ2) is 6.22. The molecule has 29 heavy (non-hydrogen) atoms. The first-order valence-corrected chi connectivity index (χ1v) is 12.8. The van der Waals surface area contributed by atoms with Crippen LogP contribution in [0.1, 0.15) is 79.1 Å². The van der Waals surface area contributed by atoms with Gasteiger partial charge in [-0.2, -0.15) is 0 Å². The molecule has 160 valence electrons. The predicted molar refractivity (Wildman–Crippen MR) is 117 cm³/mol. The fourth-order valence-corrected chi connectivity index (χ4v) is 9.65. The molecular formula is C27H42NO+. The smallest absolute Gasteiger partial charge is 0.203 e. The van der Waals surface area contributed by atoms with Gasteiger partial charge in [-0.25, -0.2) is 0 Å². The van der Waals surface area contributed by atoms with Gasteiger partial charge in [-0.1, -0.05) is 45.9 Å². The Bertz CT molecular complexity index is 746. The van der Waals surface area contributed by atoms with E-state index in [0.29, 0.717) is 22.9 Å². The molecule has 0 amide bonds. The van der Waals surface area contributed by atoms with Gasteiger partial charge in [0.2, 0.25) is 5.72 Å². The fourth-order valence-electron chi connectivity index (χ4n) is 9.65. The van der Waals surface area contributed by atoms with Crippen molar-refractivity contribution in [2.45, 2.75) is 90.9 Å². The number of fused-ring (bicyclic) bond motifs is 7. The van der Waals surface area contributed by atoms with Gasteiger partial charge in [-0.3, -0.25) is 0 Å². The summed E-state index contributed by atoms with van der Waals surface area (Å²) in [7, 11) is 0. The monoisotopic (exact) mass is 396 g/mol. The average Bonchev–Trinajstić information content (AvgIpc) is 3.15. The SMILES string of the molecule is C[C@@H]1CC[C@@]2([NH2+]C1)O[C@H]1C[C@H]3[C@@H]4CC=C5C=CCC[C@]5(C)[C@@H]4CC[C@]3(C)[C@H]1[C@@H]2C. The largest absolute Gasteiger partial charge is 0.323 e. The minimum absolute atomic E-state index is 0.104. The summed E-state index contributed by atoms with van der Waals surface area (Å²) in [4.78, 5) is 0. The van der Waals surface area contributed by atoms with E-state index in [4.69, 9.17) is 4.74 Å². The van der Waals surface area contributed by atoms with Crippen molar-refractivity contribution < 1.29 is 10.1 Å². The molecule has 2 saturated heterocycles. The maximum absolute atomic E-state index is 7.06. The molecule has 2 aliphatic heterocycles. The fraction of sp³-hybridized carbons (Fsp3) is 0.852. The highest BCUT2D eigenvalue weighted by Gasteiger charge is 2.69. The Labute approximate surface area is 177 Å². The van der Waals surface area contributed by atoms with Crippen LogP contribution in [-0.4, -0.2) is 18.4 Å². The number of allylic oxidation sites excluding steroid dienone is 4. The summed E-state index contributed by atoms with van der Waals surface area (Å²) in [6.07, 6.45) is 18.9. The zero-order valence-corrected chi connectivity index (χ0v) is 19.1. The summed E-state index contributed by atoms with van der Waals surface area (Å²) in [6.45, 7) is 11.5. The molecule has 0 aromatic rings. The lowest BCUT2D eigenvalue weighted by Gasteiger charge is -2.57. The van der Waals surface area contributed by atoms with Crippen LogP contribution in [0.5, 0.6) is 0 Å². The van der Waals surface area contributed by atoms with E-state index in [-0.39, 0.29) is 5.72 Å². The van der Waals surface area contributed by atoms with Crippen LogP contribution < -0.4 is 5.32 Å². The number of hydrogen-bond acceptors (Lipinski definition) is 1. The Kier molecular flexibility index (Phi) is 4.10. The van der Waals surface area contributed by atoms with Gasteiger partial charge in [0.05, 0.1) is 12.6 Å². The van der Waals surface area contributed by atoms with Crippen molar-refractivity contribution in [3.8, 4) is 0 Å². The molecule has 0 aromatic heterocycles.